The monoisotopic (exact) mass is 452 g/mol. The standard InChI is InChI=1S/C19H30N2O5S2.Na/c1-19(2,21-10-13-25-14-11-21)18(16-6-8-17(27-3)9-7-16)20-26-12-4-5-15-28(22,23)24;/h6-9H,4-5,10-15H2,1-3H3,(H,22,23,24);/q;+1/p-1. The number of hydrogen-bond donors (Lipinski definition) is 0. The first kappa shape index (κ1) is 26.9. The number of morpholine rings is 1. The summed E-state index contributed by atoms with van der Waals surface area (Å²) in [5, 5.41) is 4.43. The molecule has 29 heavy (non-hydrogen) atoms. The molecular weight excluding hydrogens is 423 g/mol. The topological polar surface area (TPSA) is 91.3 Å². The van der Waals surface area contributed by atoms with Crippen molar-refractivity contribution in [1.29, 1.82) is 0 Å². The van der Waals surface area contributed by atoms with Crippen molar-refractivity contribution in [3.8, 4) is 0 Å². The summed E-state index contributed by atoms with van der Waals surface area (Å²) in [6.45, 7) is 7.51. The van der Waals surface area contributed by atoms with Crippen LogP contribution in [0.4, 0.5) is 0 Å². The first-order valence-corrected chi connectivity index (χ1v) is 12.2. The van der Waals surface area contributed by atoms with Crippen LogP contribution in [0.3, 0.4) is 0 Å². The van der Waals surface area contributed by atoms with E-state index in [1.165, 1.54) is 4.90 Å². The Labute approximate surface area is 200 Å². The molecular formula is C19H29N2NaO5S2. The van der Waals surface area contributed by atoms with Gasteiger partial charge in [-0.05, 0) is 45.1 Å². The minimum atomic E-state index is -4.18. The Hall–Kier alpha value is -0.130. The fourth-order valence-electron chi connectivity index (χ4n) is 3.09. The average molecular weight is 453 g/mol. The number of hydrogen-bond acceptors (Lipinski definition) is 8. The summed E-state index contributed by atoms with van der Waals surface area (Å²) in [5.41, 5.74) is 1.44. The summed E-state index contributed by atoms with van der Waals surface area (Å²) in [6, 6.07) is 8.20. The molecule has 1 fully saturated rings. The Balaban J connectivity index is 0.00000420. The molecule has 2 rings (SSSR count). The van der Waals surface area contributed by atoms with Gasteiger partial charge < -0.3 is 14.1 Å². The van der Waals surface area contributed by atoms with Gasteiger partial charge in [0.2, 0.25) is 0 Å². The van der Waals surface area contributed by atoms with Crippen LogP contribution in [0.2, 0.25) is 0 Å². The number of ether oxygens (including phenoxy) is 1. The molecule has 0 saturated carbocycles. The summed E-state index contributed by atoms with van der Waals surface area (Å²) < 4.78 is 37.5. The summed E-state index contributed by atoms with van der Waals surface area (Å²) in [6.07, 6.45) is 2.76. The van der Waals surface area contributed by atoms with Gasteiger partial charge in [-0.1, -0.05) is 17.3 Å². The molecule has 7 nitrogen and oxygen atoms in total. The van der Waals surface area contributed by atoms with Crippen LogP contribution in [0.15, 0.2) is 34.3 Å². The number of oxime groups is 1. The van der Waals surface area contributed by atoms with E-state index in [1.807, 2.05) is 18.4 Å². The Bertz CT molecular complexity index is 748. The predicted octanol–water partition coefficient (Wildman–Crippen LogP) is -0.431. The number of thioether (sulfide) groups is 1. The third-order valence-corrected chi connectivity index (χ3v) is 6.31. The van der Waals surface area contributed by atoms with E-state index in [1.54, 1.807) is 11.8 Å². The van der Waals surface area contributed by atoms with Gasteiger partial charge in [0.1, 0.15) is 12.3 Å². The van der Waals surface area contributed by atoms with Gasteiger partial charge in [0.05, 0.1) is 28.9 Å². The zero-order valence-corrected chi connectivity index (χ0v) is 21.4. The smallest absolute Gasteiger partial charge is 0.748 e. The van der Waals surface area contributed by atoms with Crippen LogP contribution in [0, 0.1) is 0 Å². The number of nitrogens with zero attached hydrogens (tertiary/aromatic N) is 2. The SMILES string of the molecule is CSc1ccc(C(=NOCCCCS(=O)(=O)[O-])C(C)(C)N2CCOCC2)cc1.[Na+]. The molecule has 0 atom stereocenters. The normalized spacial score (nSPS) is 16.3. The molecule has 10 heteroatoms. The molecule has 0 aliphatic carbocycles. The third-order valence-electron chi connectivity index (χ3n) is 4.78. The molecule has 1 aromatic carbocycles. The molecule has 1 aliphatic rings. The van der Waals surface area contributed by atoms with E-state index in [2.05, 4.69) is 36.0 Å². The molecule has 1 heterocycles. The first-order chi connectivity index (χ1) is 13.2. The van der Waals surface area contributed by atoms with E-state index in [-0.39, 0.29) is 53.9 Å². The van der Waals surface area contributed by atoms with E-state index < -0.39 is 10.1 Å². The van der Waals surface area contributed by atoms with Gasteiger partial charge in [-0.15, -0.1) is 11.8 Å². The molecule has 0 bridgehead atoms. The summed E-state index contributed by atoms with van der Waals surface area (Å²) in [4.78, 5) is 9.02. The average Bonchev–Trinajstić information content (AvgIpc) is 2.67. The second kappa shape index (κ2) is 12.7. The molecule has 0 aromatic heterocycles. The van der Waals surface area contributed by atoms with Crippen molar-refractivity contribution in [2.45, 2.75) is 37.1 Å². The Morgan fingerprint density at radius 1 is 1.24 bits per heavy atom. The van der Waals surface area contributed by atoms with Crippen molar-refractivity contribution in [2.75, 3.05) is 44.9 Å². The van der Waals surface area contributed by atoms with Gasteiger partial charge in [0.15, 0.2) is 0 Å². The van der Waals surface area contributed by atoms with Gasteiger partial charge in [0.25, 0.3) is 0 Å². The fraction of sp³-hybridized carbons (Fsp3) is 0.632. The molecule has 1 aliphatic heterocycles. The zero-order chi connectivity index (χ0) is 20.6. The number of rotatable bonds is 10. The molecule has 0 unspecified atom stereocenters. The summed E-state index contributed by atoms with van der Waals surface area (Å²) in [5.74, 6) is -0.373. The van der Waals surface area contributed by atoms with E-state index >= 15 is 0 Å². The Kier molecular flexibility index (Phi) is 11.7. The molecule has 1 saturated heterocycles. The number of unbranched alkanes of at least 4 members (excludes halogenated alkanes) is 1. The van der Waals surface area contributed by atoms with Crippen molar-refractivity contribution in [3.63, 3.8) is 0 Å². The van der Waals surface area contributed by atoms with Crippen LogP contribution in [0.25, 0.3) is 0 Å². The second-order valence-corrected chi connectivity index (χ2v) is 9.53. The maximum atomic E-state index is 10.7. The molecule has 0 amide bonds. The van der Waals surface area contributed by atoms with Crippen LogP contribution in [-0.4, -0.2) is 74.0 Å². The van der Waals surface area contributed by atoms with Crippen molar-refractivity contribution >= 4 is 27.6 Å². The van der Waals surface area contributed by atoms with E-state index in [9.17, 15) is 13.0 Å². The maximum Gasteiger partial charge on any atom is 1.00 e. The van der Waals surface area contributed by atoms with Crippen LogP contribution in [-0.2, 0) is 19.7 Å². The minimum Gasteiger partial charge on any atom is -0.748 e. The van der Waals surface area contributed by atoms with Gasteiger partial charge >= 0.3 is 29.6 Å². The maximum absolute atomic E-state index is 10.7. The van der Waals surface area contributed by atoms with E-state index in [0.29, 0.717) is 19.6 Å². The summed E-state index contributed by atoms with van der Waals surface area (Å²) >= 11 is 1.68. The number of benzene rings is 1. The Morgan fingerprint density at radius 3 is 2.41 bits per heavy atom. The fourth-order valence-corrected chi connectivity index (χ4v) is 4.06. The molecule has 0 radical (unpaired) electrons. The largest absolute Gasteiger partial charge is 1.00 e. The van der Waals surface area contributed by atoms with E-state index in [0.717, 1.165) is 24.4 Å². The van der Waals surface area contributed by atoms with E-state index in [4.69, 9.17) is 9.57 Å². The van der Waals surface area contributed by atoms with Gasteiger partial charge in [0, 0.05) is 29.3 Å². The van der Waals surface area contributed by atoms with Crippen LogP contribution in [0.1, 0.15) is 32.3 Å². The van der Waals surface area contributed by atoms with Crippen LogP contribution < -0.4 is 29.6 Å². The van der Waals surface area contributed by atoms with Gasteiger partial charge in [-0.2, -0.15) is 0 Å². The minimum absolute atomic E-state index is 0. The first-order valence-electron chi connectivity index (χ1n) is 9.35. The van der Waals surface area contributed by atoms with Crippen molar-refractivity contribution in [2.24, 2.45) is 5.16 Å². The molecule has 0 spiro atoms. The van der Waals surface area contributed by atoms with Crippen molar-refractivity contribution < 1.29 is 52.1 Å². The second-order valence-electron chi connectivity index (χ2n) is 7.13. The predicted molar refractivity (Wildman–Crippen MR) is 111 cm³/mol. The van der Waals surface area contributed by atoms with Crippen LogP contribution >= 0.6 is 11.8 Å². The Morgan fingerprint density at radius 2 is 1.86 bits per heavy atom. The summed E-state index contributed by atoms with van der Waals surface area (Å²) in [7, 11) is -4.18. The quantitative estimate of drug-likeness (QED) is 0.119. The van der Waals surface area contributed by atoms with Crippen molar-refractivity contribution in [3.05, 3.63) is 29.8 Å². The van der Waals surface area contributed by atoms with Crippen molar-refractivity contribution in [1.82, 2.24) is 4.90 Å². The third kappa shape index (κ3) is 8.86. The molecule has 0 N–H and O–H groups in total. The van der Waals surface area contributed by atoms with Gasteiger partial charge in [-0.25, -0.2) is 8.42 Å². The van der Waals surface area contributed by atoms with Gasteiger partial charge in [-0.3, -0.25) is 4.90 Å². The zero-order valence-electron chi connectivity index (χ0n) is 17.7. The van der Waals surface area contributed by atoms with Crippen LogP contribution in [0.5, 0.6) is 0 Å². The molecule has 158 valence electrons. The molecule has 1 aromatic rings.